The van der Waals surface area contributed by atoms with Gasteiger partial charge in [-0.1, -0.05) is 26.0 Å². The van der Waals surface area contributed by atoms with E-state index in [-0.39, 0.29) is 11.5 Å². The number of aromatic carboxylic acids is 1. The van der Waals surface area contributed by atoms with E-state index in [0.717, 1.165) is 31.6 Å². The summed E-state index contributed by atoms with van der Waals surface area (Å²) in [4.78, 5) is 13.2. The van der Waals surface area contributed by atoms with E-state index in [1.165, 1.54) is 0 Å². The molecule has 1 saturated heterocycles. The Bertz CT molecular complexity index is 470. The van der Waals surface area contributed by atoms with Gasteiger partial charge in [0, 0.05) is 25.0 Å². The normalized spacial score (nSPS) is 23.2. The lowest BCUT2D eigenvalue weighted by Gasteiger charge is -2.41. The van der Waals surface area contributed by atoms with Crippen LogP contribution < -0.4 is 0 Å². The Morgan fingerprint density at radius 3 is 2.84 bits per heavy atom. The zero-order valence-electron chi connectivity index (χ0n) is 11.5. The fraction of sp³-hybridized carbons (Fsp3) is 0.533. The van der Waals surface area contributed by atoms with Crippen LogP contribution in [0.15, 0.2) is 24.3 Å². The number of hydrogen-bond donors (Lipinski definition) is 2. The molecular formula is C15H21NO3. The summed E-state index contributed by atoms with van der Waals surface area (Å²) in [6, 6.07) is 7.06. The number of hydrogen-bond acceptors (Lipinski definition) is 3. The molecule has 0 spiro atoms. The lowest BCUT2D eigenvalue weighted by molar-refractivity contribution is -0.0270. The minimum atomic E-state index is -0.892. The average molecular weight is 263 g/mol. The fourth-order valence-corrected chi connectivity index (χ4v) is 2.65. The Hall–Kier alpha value is -1.39. The van der Waals surface area contributed by atoms with Crippen LogP contribution in [0.5, 0.6) is 0 Å². The van der Waals surface area contributed by atoms with Crippen LogP contribution in [0, 0.1) is 5.41 Å². The van der Waals surface area contributed by atoms with Crippen LogP contribution in [-0.2, 0) is 6.54 Å². The highest BCUT2D eigenvalue weighted by Crippen LogP contribution is 2.29. The van der Waals surface area contributed by atoms with Crippen LogP contribution in [0.25, 0.3) is 0 Å². The number of likely N-dealkylation sites (tertiary alicyclic amines) is 1. The van der Waals surface area contributed by atoms with Crippen molar-refractivity contribution >= 4 is 5.97 Å². The molecule has 0 bridgehead atoms. The molecule has 1 heterocycles. The van der Waals surface area contributed by atoms with Crippen LogP contribution in [0.4, 0.5) is 0 Å². The first-order valence-electron chi connectivity index (χ1n) is 6.61. The largest absolute Gasteiger partial charge is 0.478 e. The van der Waals surface area contributed by atoms with Gasteiger partial charge in [-0.05, 0) is 24.1 Å². The molecular weight excluding hydrogens is 242 g/mol. The zero-order chi connectivity index (χ0) is 14.0. The monoisotopic (exact) mass is 263 g/mol. The topological polar surface area (TPSA) is 60.8 Å². The first-order chi connectivity index (χ1) is 8.88. The van der Waals surface area contributed by atoms with Crippen molar-refractivity contribution in [3.8, 4) is 0 Å². The third kappa shape index (κ3) is 3.33. The first kappa shape index (κ1) is 14.0. The highest BCUT2D eigenvalue weighted by molar-refractivity contribution is 5.87. The molecule has 19 heavy (non-hydrogen) atoms. The molecule has 0 saturated carbocycles. The van der Waals surface area contributed by atoms with Crippen LogP contribution in [0.1, 0.15) is 36.2 Å². The van der Waals surface area contributed by atoms with Gasteiger partial charge in [-0.3, -0.25) is 4.90 Å². The van der Waals surface area contributed by atoms with Gasteiger partial charge in [-0.15, -0.1) is 0 Å². The fourth-order valence-electron chi connectivity index (χ4n) is 2.65. The minimum Gasteiger partial charge on any atom is -0.478 e. The molecule has 1 atom stereocenters. The van der Waals surface area contributed by atoms with Gasteiger partial charge in [0.1, 0.15) is 0 Å². The molecule has 2 N–H and O–H groups in total. The SMILES string of the molecule is CC1(C)CN(Cc2cccc(C(=O)O)c2)CCC1O. The Morgan fingerprint density at radius 2 is 2.21 bits per heavy atom. The van der Waals surface area contributed by atoms with Gasteiger partial charge in [0.05, 0.1) is 11.7 Å². The second-order valence-electron chi connectivity index (χ2n) is 6.01. The maximum atomic E-state index is 10.9. The van der Waals surface area contributed by atoms with Gasteiger partial charge in [0.25, 0.3) is 0 Å². The summed E-state index contributed by atoms with van der Waals surface area (Å²) in [5.74, 6) is -0.892. The number of nitrogens with zero attached hydrogens (tertiary/aromatic N) is 1. The van der Waals surface area contributed by atoms with Gasteiger partial charge >= 0.3 is 5.97 Å². The van der Waals surface area contributed by atoms with Crippen molar-refractivity contribution < 1.29 is 15.0 Å². The maximum absolute atomic E-state index is 10.9. The molecule has 1 aliphatic rings. The summed E-state index contributed by atoms with van der Waals surface area (Å²) >= 11 is 0. The van der Waals surface area contributed by atoms with E-state index in [4.69, 9.17) is 5.11 Å². The molecule has 0 radical (unpaired) electrons. The van der Waals surface area contributed by atoms with E-state index in [9.17, 15) is 9.90 Å². The van der Waals surface area contributed by atoms with Gasteiger partial charge in [-0.25, -0.2) is 4.79 Å². The predicted molar refractivity (Wildman–Crippen MR) is 73.1 cm³/mol. The van der Waals surface area contributed by atoms with Crippen molar-refractivity contribution in [2.24, 2.45) is 5.41 Å². The molecule has 4 heteroatoms. The molecule has 0 aliphatic carbocycles. The smallest absolute Gasteiger partial charge is 0.335 e. The number of carboxylic acids is 1. The summed E-state index contributed by atoms with van der Waals surface area (Å²) in [5, 5.41) is 18.9. The van der Waals surface area contributed by atoms with Crippen LogP contribution in [-0.4, -0.2) is 40.3 Å². The highest BCUT2D eigenvalue weighted by Gasteiger charge is 2.34. The molecule has 4 nitrogen and oxygen atoms in total. The van der Waals surface area contributed by atoms with E-state index in [0.29, 0.717) is 5.56 Å². The first-order valence-corrected chi connectivity index (χ1v) is 6.61. The lowest BCUT2D eigenvalue weighted by atomic mass is 9.81. The second-order valence-corrected chi connectivity index (χ2v) is 6.01. The standard InChI is InChI=1S/C15H21NO3/c1-15(2)10-16(7-6-13(15)17)9-11-4-3-5-12(8-11)14(18)19/h3-5,8,13,17H,6-7,9-10H2,1-2H3,(H,18,19). The highest BCUT2D eigenvalue weighted by atomic mass is 16.4. The van der Waals surface area contributed by atoms with Crippen molar-refractivity contribution in [1.29, 1.82) is 0 Å². The Balaban J connectivity index is 2.05. The Labute approximate surface area is 113 Å². The summed E-state index contributed by atoms with van der Waals surface area (Å²) < 4.78 is 0. The summed E-state index contributed by atoms with van der Waals surface area (Å²) in [7, 11) is 0. The molecule has 1 unspecified atom stereocenters. The van der Waals surface area contributed by atoms with Crippen LogP contribution >= 0.6 is 0 Å². The van der Waals surface area contributed by atoms with Crippen molar-refractivity contribution in [2.75, 3.05) is 13.1 Å². The summed E-state index contributed by atoms with van der Waals surface area (Å²) in [6.45, 7) is 6.54. The molecule has 0 aromatic heterocycles. The summed E-state index contributed by atoms with van der Waals surface area (Å²) in [6.07, 6.45) is 0.514. The number of aliphatic hydroxyl groups is 1. The van der Waals surface area contributed by atoms with E-state index in [2.05, 4.69) is 18.7 Å². The third-order valence-corrected chi connectivity index (χ3v) is 3.83. The van der Waals surface area contributed by atoms with Gasteiger partial charge in [-0.2, -0.15) is 0 Å². The third-order valence-electron chi connectivity index (χ3n) is 3.83. The molecule has 1 aromatic carbocycles. The van der Waals surface area contributed by atoms with Crippen LogP contribution in [0.2, 0.25) is 0 Å². The predicted octanol–water partition coefficient (Wildman–Crippen LogP) is 1.98. The minimum absolute atomic E-state index is 0.108. The van der Waals surface area contributed by atoms with Crippen molar-refractivity contribution in [3.63, 3.8) is 0 Å². The molecule has 1 fully saturated rings. The average Bonchev–Trinajstić information content (AvgIpc) is 2.34. The number of rotatable bonds is 3. The molecule has 0 amide bonds. The van der Waals surface area contributed by atoms with E-state index in [1.54, 1.807) is 18.2 Å². The quantitative estimate of drug-likeness (QED) is 0.875. The van der Waals surface area contributed by atoms with E-state index in [1.807, 2.05) is 6.07 Å². The number of carbonyl (C=O) groups is 1. The van der Waals surface area contributed by atoms with E-state index >= 15 is 0 Å². The van der Waals surface area contributed by atoms with Gasteiger partial charge < -0.3 is 10.2 Å². The molecule has 104 valence electrons. The van der Waals surface area contributed by atoms with Gasteiger partial charge in [0.15, 0.2) is 0 Å². The lowest BCUT2D eigenvalue weighted by Crippen LogP contribution is -2.48. The Kier molecular flexibility index (Phi) is 3.92. The number of piperidine rings is 1. The van der Waals surface area contributed by atoms with Gasteiger partial charge in [0.2, 0.25) is 0 Å². The summed E-state index contributed by atoms with van der Waals surface area (Å²) in [5.41, 5.74) is 1.23. The second kappa shape index (κ2) is 5.31. The molecule has 1 aliphatic heterocycles. The van der Waals surface area contributed by atoms with Crippen LogP contribution in [0.3, 0.4) is 0 Å². The zero-order valence-corrected chi connectivity index (χ0v) is 11.5. The van der Waals surface area contributed by atoms with Crippen molar-refractivity contribution in [1.82, 2.24) is 4.90 Å². The maximum Gasteiger partial charge on any atom is 0.335 e. The Morgan fingerprint density at radius 1 is 1.47 bits per heavy atom. The molecule has 2 rings (SSSR count). The van der Waals surface area contributed by atoms with Crippen molar-refractivity contribution in [2.45, 2.75) is 32.9 Å². The number of carboxylic acid groups (broad SMARTS) is 1. The van der Waals surface area contributed by atoms with Crippen molar-refractivity contribution in [3.05, 3.63) is 35.4 Å². The van der Waals surface area contributed by atoms with E-state index < -0.39 is 5.97 Å². The number of benzene rings is 1. The molecule has 1 aromatic rings. The number of aliphatic hydroxyl groups excluding tert-OH is 1.